The maximum Gasteiger partial charge on any atom is 0.0484 e. The molecule has 0 atom stereocenters. The quantitative estimate of drug-likeness (QED) is 0.846. The molecule has 0 saturated carbocycles. The van der Waals surface area contributed by atoms with Gasteiger partial charge in [0.2, 0.25) is 0 Å². The second-order valence-corrected chi connectivity index (χ2v) is 4.06. The topological polar surface area (TPSA) is 15.3 Å². The van der Waals surface area contributed by atoms with Crippen molar-refractivity contribution >= 4 is 29.6 Å². The number of hydrogen-bond acceptors (Lipinski definition) is 2. The van der Waals surface area contributed by atoms with E-state index in [9.17, 15) is 0 Å². The molecule has 0 heterocycles. The van der Waals surface area contributed by atoms with Crippen LogP contribution >= 0.6 is 24.0 Å². The molecule has 17 heavy (non-hydrogen) atoms. The van der Waals surface area contributed by atoms with E-state index in [-0.39, 0.29) is 12.4 Å². The van der Waals surface area contributed by atoms with E-state index in [1.165, 1.54) is 0 Å². The van der Waals surface area contributed by atoms with Gasteiger partial charge in [-0.15, -0.1) is 12.4 Å². The van der Waals surface area contributed by atoms with Gasteiger partial charge in [0.05, 0.1) is 0 Å². The Labute approximate surface area is 114 Å². The summed E-state index contributed by atoms with van der Waals surface area (Å²) < 4.78 is 0. The van der Waals surface area contributed by atoms with E-state index in [0.29, 0.717) is 0 Å². The first-order valence-electron chi connectivity index (χ1n) is 5.12. The fourth-order valence-corrected chi connectivity index (χ4v) is 1.59. The van der Waals surface area contributed by atoms with E-state index in [0.717, 1.165) is 16.2 Å². The molecule has 0 aliphatic heterocycles. The monoisotopic (exact) mass is 272 g/mol. The Balaban J connectivity index is 0.00000256. The SMILES string of the molecule is CNC=CC(=CN(C)C)c1ccccc1Cl.Cl. The number of halogens is 2. The summed E-state index contributed by atoms with van der Waals surface area (Å²) >= 11 is 6.17. The van der Waals surface area contributed by atoms with Crippen LogP contribution in [0.5, 0.6) is 0 Å². The van der Waals surface area contributed by atoms with E-state index in [4.69, 9.17) is 11.6 Å². The van der Waals surface area contributed by atoms with Crippen LogP contribution in [0.1, 0.15) is 5.56 Å². The smallest absolute Gasteiger partial charge is 0.0484 e. The van der Waals surface area contributed by atoms with Crippen molar-refractivity contribution < 1.29 is 0 Å². The third-order valence-electron chi connectivity index (χ3n) is 2.01. The zero-order valence-electron chi connectivity index (χ0n) is 10.3. The van der Waals surface area contributed by atoms with Crippen molar-refractivity contribution in [3.8, 4) is 0 Å². The summed E-state index contributed by atoms with van der Waals surface area (Å²) in [6.07, 6.45) is 5.93. The van der Waals surface area contributed by atoms with Crippen LogP contribution in [0.25, 0.3) is 5.57 Å². The highest BCUT2D eigenvalue weighted by molar-refractivity contribution is 6.32. The van der Waals surface area contributed by atoms with Crippen LogP contribution in [0.4, 0.5) is 0 Å². The van der Waals surface area contributed by atoms with Crippen molar-refractivity contribution in [2.75, 3.05) is 21.1 Å². The fraction of sp³-hybridized carbons (Fsp3) is 0.231. The van der Waals surface area contributed by atoms with Crippen LogP contribution in [-0.2, 0) is 0 Å². The van der Waals surface area contributed by atoms with Gasteiger partial charge in [-0.05, 0) is 18.3 Å². The third-order valence-corrected chi connectivity index (χ3v) is 2.34. The molecule has 4 heteroatoms. The van der Waals surface area contributed by atoms with Crippen molar-refractivity contribution in [2.45, 2.75) is 0 Å². The molecule has 0 radical (unpaired) electrons. The van der Waals surface area contributed by atoms with Gasteiger partial charge in [-0.2, -0.15) is 0 Å². The first-order chi connectivity index (χ1) is 7.65. The van der Waals surface area contributed by atoms with Gasteiger partial charge in [0.25, 0.3) is 0 Å². The Morgan fingerprint density at radius 3 is 2.47 bits per heavy atom. The second kappa shape index (κ2) is 8.04. The summed E-state index contributed by atoms with van der Waals surface area (Å²) in [4.78, 5) is 2.00. The minimum atomic E-state index is 0. The van der Waals surface area contributed by atoms with Crippen molar-refractivity contribution in [2.24, 2.45) is 0 Å². The lowest BCUT2D eigenvalue weighted by molar-refractivity contribution is 0.566. The minimum Gasteiger partial charge on any atom is -0.394 e. The van der Waals surface area contributed by atoms with Crippen LogP contribution in [-0.4, -0.2) is 26.0 Å². The molecule has 0 bridgehead atoms. The number of nitrogens with one attached hydrogen (secondary N) is 1. The Kier molecular flexibility index (Phi) is 7.51. The number of rotatable bonds is 4. The Morgan fingerprint density at radius 2 is 1.94 bits per heavy atom. The predicted molar refractivity (Wildman–Crippen MR) is 78.6 cm³/mol. The largest absolute Gasteiger partial charge is 0.394 e. The molecule has 94 valence electrons. The molecule has 1 rings (SSSR count). The third kappa shape index (κ3) is 5.16. The number of nitrogens with zero attached hydrogens (tertiary/aromatic N) is 1. The molecule has 1 N–H and O–H groups in total. The Morgan fingerprint density at radius 1 is 1.29 bits per heavy atom. The number of hydrogen-bond donors (Lipinski definition) is 1. The summed E-state index contributed by atoms with van der Waals surface area (Å²) in [6.45, 7) is 0. The van der Waals surface area contributed by atoms with Gasteiger partial charge >= 0.3 is 0 Å². The van der Waals surface area contributed by atoms with E-state index in [1.54, 1.807) is 0 Å². The first-order valence-corrected chi connectivity index (χ1v) is 5.50. The molecule has 0 aliphatic carbocycles. The normalized spacial score (nSPS) is 11.2. The lowest BCUT2D eigenvalue weighted by Gasteiger charge is -2.10. The molecule has 2 nitrogen and oxygen atoms in total. The first kappa shape index (κ1) is 15.9. The van der Waals surface area contributed by atoms with Crippen molar-refractivity contribution in [3.05, 3.63) is 53.3 Å². The number of allylic oxidation sites excluding steroid dienone is 2. The van der Waals surface area contributed by atoms with Crippen LogP contribution in [0.3, 0.4) is 0 Å². The van der Waals surface area contributed by atoms with Crippen LogP contribution in [0, 0.1) is 0 Å². The number of benzene rings is 1. The maximum absolute atomic E-state index is 6.17. The zero-order valence-corrected chi connectivity index (χ0v) is 11.8. The van der Waals surface area contributed by atoms with Gasteiger partial charge in [0.15, 0.2) is 0 Å². The van der Waals surface area contributed by atoms with Crippen LogP contribution in [0.2, 0.25) is 5.02 Å². The van der Waals surface area contributed by atoms with Crippen molar-refractivity contribution in [1.82, 2.24) is 10.2 Å². The fourth-order valence-electron chi connectivity index (χ4n) is 1.35. The van der Waals surface area contributed by atoms with E-state index < -0.39 is 0 Å². The van der Waals surface area contributed by atoms with E-state index >= 15 is 0 Å². The summed E-state index contributed by atoms with van der Waals surface area (Å²) in [6, 6.07) is 7.82. The van der Waals surface area contributed by atoms with Gasteiger partial charge in [-0.25, -0.2) is 0 Å². The molecule has 0 amide bonds. The zero-order chi connectivity index (χ0) is 12.0. The standard InChI is InChI=1S/C13H17ClN2.ClH/c1-15-9-8-11(10-16(2)3)12-6-4-5-7-13(12)14;/h4-10,15H,1-3H3;1H. The molecule has 0 saturated heterocycles. The van der Waals surface area contributed by atoms with Crippen LogP contribution in [0.15, 0.2) is 42.7 Å². The van der Waals surface area contributed by atoms with Gasteiger partial charge in [0, 0.05) is 43.5 Å². The molecule has 0 spiro atoms. The average Bonchev–Trinajstić information content (AvgIpc) is 2.24. The summed E-state index contributed by atoms with van der Waals surface area (Å²) in [5.74, 6) is 0. The molecule has 1 aromatic rings. The average molecular weight is 273 g/mol. The summed E-state index contributed by atoms with van der Waals surface area (Å²) in [5, 5.41) is 3.74. The van der Waals surface area contributed by atoms with Gasteiger partial charge in [-0.1, -0.05) is 29.8 Å². The van der Waals surface area contributed by atoms with Gasteiger partial charge < -0.3 is 10.2 Å². The van der Waals surface area contributed by atoms with Crippen LogP contribution < -0.4 is 5.32 Å². The van der Waals surface area contributed by atoms with Crippen molar-refractivity contribution in [1.29, 1.82) is 0 Å². The predicted octanol–water partition coefficient (Wildman–Crippen LogP) is 3.40. The molecule has 0 aliphatic rings. The van der Waals surface area contributed by atoms with E-state index in [1.807, 2.05) is 68.8 Å². The molecule has 0 fully saturated rings. The summed E-state index contributed by atoms with van der Waals surface area (Å²) in [5.41, 5.74) is 2.11. The highest BCUT2D eigenvalue weighted by atomic mass is 35.5. The van der Waals surface area contributed by atoms with E-state index in [2.05, 4.69) is 5.32 Å². The molecule has 0 aromatic heterocycles. The highest BCUT2D eigenvalue weighted by Gasteiger charge is 2.02. The Bertz CT molecular complexity index is 398. The molecular weight excluding hydrogens is 255 g/mol. The maximum atomic E-state index is 6.17. The van der Waals surface area contributed by atoms with Gasteiger partial charge in [-0.3, -0.25) is 0 Å². The molecular formula is C13H18Cl2N2. The van der Waals surface area contributed by atoms with Gasteiger partial charge in [0.1, 0.15) is 0 Å². The highest BCUT2D eigenvalue weighted by Crippen LogP contribution is 2.24. The molecule has 0 unspecified atom stereocenters. The summed E-state index contributed by atoms with van der Waals surface area (Å²) in [7, 11) is 5.85. The second-order valence-electron chi connectivity index (χ2n) is 3.65. The van der Waals surface area contributed by atoms with Crippen molar-refractivity contribution in [3.63, 3.8) is 0 Å². The molecule has 1 aromatic carbocycles. The minimum absolute atomic E-state index is 0. The lowest BCUT2D eigenvalue weighted by atomic mass is 10.1. The Hall–Kier alpha value is -1.12. The lowest BCUT2D eigenvalue weighted by Crippen LogP contribution is -2.03.